The molecule has 34 heavy (non-hydrogen) atoms. The summed E-state index contributed by atoms with van der Waals surface area (Å²) in [5.41, 5.74) is 4.65. The van der Waals surface area contributed by atoms with E-state index in [0.717, 1.165) is 21.9 Å². The molecule has 0 spiro atoms. The lowest BCUT2D eigenvalue weighted by Gasteiger charge is -2.07. The highest BCUT2D eigenvalue weighted by Gasteiger charge is 2.19. The van der Waals surface area contributed by atoms with Gasteiger partial charge in [-0.1, -0.05) is 59.8 Å². The van der Waals surface area contributed by atoms with Gasteiger partial charge in [0.05, 0.1) is 22.8 Å². The van der Waals surface area contributed by atoms with Crippen molar-refractivity contribution < 1.29 is 4.79 Å². The first-order valence-electron chi connectivity index (χ1n) is 10.6. The Bertz CT molecular complexity index is 1540. The minimum atomic E-state index is -0.278. The van der Waals surface area contributed by atoms with E-state index >= 15 is 0 Å². The zero-order valence-electron chi connectivity index (χ0n) is 18.8. The van der Waals surface area contributed by atoms with Crippen molar-refractivity contribution in [2.75, 3.05) is 11.1 Å². The van der Waals surface area contributed by atoms with Gasteiger partial charge in [-0.3, -0.25) is 18.7 Å². The van der Waals surface area contributed by atoms with E-state index < -0.39 is 0 Å². The number of carbonyl (C=O) groups is 1. The van der Waals surface area contributed by atoms with Crippen LogP contribution in [0.25, 0.3) is 21.9 Å². The van der Waals surface area contributed by atoms with E-state index in [2.05, 4.69) is 46.7 Å². The van der Waals surface area contributed by atoms with Crippen molar-refractivity contribution in [3.8, 4) is 16.9 Å². The summed E-state index contributed by atoms with van der Waals surface area (Å²) < 4.78 is 5.24. The predicted octanol–water partition coefficient (Wildman–Crippen LogP) is 4.29. The van der Waals surface area contributed by atoms with Crippen LogP contribution >= 0.6 is 23.1 Å². The molecule has 172 valence electrons. The van der Waals surface area contributed by atoms with Gasteiger partial charge in [-0.05, 0) is 31.5 Å². The summed E-state index contributed by atoms with van der Waals surface area (Å²) in [5.74, 6) is -0.178. The number of carbonyl (C=O) groups excluding carboxylic acids is 1. The number of nitrogens with zero attached hydrogens (tertiary/aromatic N) is 5. The van der Waals surface area contributed by atoms with Crippen molar-refractivity contribution in [1.82, 2.24) is 24.0 Å². The fraction of sp³-hybridized carbons (Fsp3) is 0.167. The largest absolute Gasteiger partial charge is 0.319 e. The molecule has 0 aliphatic rings. The van der Waals surface area contributed by atoms with Gasteiger partial charge < -0.3 is 5.32 Å². The van der Waals surface area contributed by atoms with Crippen LogP contribution in [-0.4, -0.2) is 35.6 Å². The van der Waals surface area contributed by atoms with E-state index in [1.165, 1.54) is 28.7 Å². The Hall–Kier alpha value is -3.63. The zero-order valence-corrected chi connectivity index (χ0v) is 20.5. The first-order valence-corrected chi connectivity index (χ1v) is 12.5. The molecule has 0 aliphatic heterocycles. The van der Waals surface area contributed by atoms with Crippen LogP contribution in [-0.2, 0) is 11.8 Å². The van der Waals surface area contributed by atoms with Crippen LogP contribution in [0.3, 0.4) is 0 Å². The number of aromatic nitrogens is 5. The van der Waals surface area contributed by atoms with Gasteiger partial charge in [0, 0.05) is 12.4 Å². The number of thioether (sulfide) groups is 1. The average Bonchev–Trinajstić information content (AvgIpc) is 3.49. The van der Waals surface area contributed by atoms with Crippen molar-refractivity contribution in [1.29, 1.82) is 0 Å². The molecular formula is C24H22N6O2S2. The highest BCUT2D eigenvalue weighted by molar-refractivity contribution is 7.99. The summed E-state index contributed by atoms with van der Waals surface area (Å²) in [6.07, 6.45) is 0. The van der Waals surface area contributed by atoms with Gasteiger partial charge in [-0.25, -0.2) is 4.68 Å². The minimum absolute atomic E-state index is 0.100. The van der Waals surface area contributed by atoms with Crippen LogP contribution < -0.4 is 10.9 Å². The summed E-state index contributed by atoms with van der Waals surface area (Å²) in [6.45, 7) is 3.86. The Kier molecular flexibility index (Phi) is 5.84. The van der Waals surface area contributed by atoms with Crippen molar-refractivity contribution >= 4 is 39.7 Å². The summed E-state index contributed by atoms with van der Waals surface area (Å²) >= 11 is 2.79. The van der Waals surface area contributed by atoms with Crippen LogP contribution in [0.4, 0.5) is 5.69 Å². The standard InChI is InChI=1S/C24H22N6O2S2/c1-15-9-11-17(12-10-15)19-13-33-23-26-27-24(29(19)23)34-14-20(31)25-21-16(2)28(3)30(22(21)32)18-7-5-4-6-8-18/h4-13H,14H2,1-3H3,(H,25,31). The molecule has 0 unspecified atom stereocenters. The lowest BCUT2D eigenvalue weighted by Crippen LogP contribution is -2.23. The number of amides is 1. The topological polar surface area (TPSA) is 86.2 Å². The summed E-state index contributed by atoms with van der Waals surface area (Å²) in [5, 5.41) is 14.0. The second-order valence-electron chi connectivity index (χ2n) is 7.86. The van der Waals surface area contributed by atoms with Crippen LogP contribution in [0, 0.1) is 13.8 Å². The molecule has 8 nitrogen and oxygen atoms in total. The molecule has 0 bridgehead atoms. The van der Waals surface area contributed by atoms with E-state index in [0.29, 0.717) is 10.9 Å². The Labute approximate surface area is 203 Å². The van der Waals surface area contributed by atoms with Crippen LogP contribution in [0.15, 0.2) is 69.9 Å². The van der Waals surface area contributed by atoms with Crippen LogP contribution in [0.1, 0.15) is 11.3 Å². The molecule has 5 aromatic rings. The first kappa shape index (κ1) is 22.2. The highest BCUT2D eigenvalue weighted by atomic mass is 32.2. The molecule has 1 N–H and O–H groups in total. The van der Waals surface area contributed by atoms with Gasteiger partial charge in [0.2, 0.25) is 10.9 Å². The average molecular weight is 491 g/mol. The molecule has 2 aromatic carbocycles. The van der Waals surface area contributed by atoms with Gasteiger partial charge in [-0.2, -0.15) is 0 Å². The Morgan fingerprint density at radius 3 is 2.53 bits per heavy atom. The lowest BCUT2D eigenvalue weighted by atomic mass is 10.1. The smallest absolute Gasteiger partial charge is 0.295 e. The Morgan fingerprint density at radius 1 is 1.06 bits per heavy atom. The number of rotatable bonds is 6. The molecule has 10 heteroatoms. The second kappa shape index (κ2) is 8.96. The van der Waals surface area contributed by atoms with Crippen LogP contribution in [0.5, 0.6) is 0 Å². The van der Waals surface area contributed by atoms with Crippen molar-refractivity contribution in [3.63, 3.8) is 0 Å². The van der Waals surface area contributed by atoms with E-state index in [-0.39, 0.29) is 22.9 Å². The molecule has 0 saturated carbocycles. The highest BCUT2D eigenvalue weighted by Crippen LogP contribution is 2.30. The number of benzene rings is 2. The third-order valence-electron chi connectivity index (χ3n) is 5.62. The quantitative estimate of drug-likeness (QED) is 0.359. The molecule has 0 atom stereocenters. The minimum Gasteiger partial charge on any atom is -0.319 e. The van der Waals surface area contributed by atoms with Crippen molar-refractivity contribution in [2.45, 2.75) is 19.0 Å². The maximum Gasteiger partial charge on any atom is 0.295 e. The monoisotopic (exact) mass is 490 g/mol. The molecule has 3 heterocycles. The van der Waals surface area contributed by atoms with Crippen LogP contribution in [0.2, 0.25) is 0 Å². The van der Waals surface area contributed by atoms with E-state index in [9.17, 15) is 9.59 Å². The predicted molar refractivity (Wildman–Crippen MR) is 136 cm³/mol. The SMILES string of the molecule is Cc1ccc(-c2csc3nnc(SCC(=O)Nc4c(C)n(C)n(-c5ccccc5)c4=O)n23)cc1. The van der Waals surface area contributed by atoms with Gasteiger partial charge in [0.15, 0.2) is 5.16 Å². The van der Waals surface area contributed by atoms with Gasteiger partial charge in [0.1, 0.15) is 5.69 Å². The van der Waals surface area contributed by atoms with Gasteiger partial charge in [-0.15, -0.1) is 21.5 Å². The molecular weight excluding hydrogens is 468 g/mol. The number of para-hydroxylation sites is 1. The first-order chi connectivity index (χ1) is 16.4. The number of anilines is 1. The Morgan fingerprint density at radius 2 is 1.79 bits per heavy atom. The zero-order chi connectivity index (χ0) is 23.8. The number of hydrogen-bond donors (Lipinski definition) is 1. The van der Waals surface area contributed by atoms with E-state index in [1.807, 2.05) is 47.0 Å². The number of nitrogens with one attached hydrogen (secondary N) is 1. The molecule has 1 amide bonds. The lowest BCUT2D eigenvalue weighted by molar-refractivity contribution is -0.113. The number of fused-ring (bicyclic) bond motifs is 1. The van der Waals surface area contributed by atoms with Gasteiger partial charge in [0.25, 0.3) is 5.56 Å². The second-order valence-corrected chi connectivity index (χ2v) is 9.64. The van der Waals surface area contributed by atoms with E-state index in [1.54, 1.807) is 16.4 Å². The van der Waals surface area contributed by atoms with Crippen molar-refractivity contribution in [2.24, 2.45) is 7.05 Å². The summed E-state index contributed by atoms with van der Waals surface area (Å²) in [7, 11) is 1.80. The molecule has 3 aromatic heterocycles. The van der Waals surface area contributed by atoms with E-state index in [4.69, 9.17) is 0 Å². The third-order valence-corrected chi connectivity index (χ3v) is 7.36. The fourth-order valence-electron chi connectivity index (χ4n) is 3.73. The molecule has 0 aliphatic carbocycles. The molecule has 5 rings (SSSR count). The summed E-state index contributed by atoms with van der Waals surface area (Å²) in [4.78, 5) is 26.6. The van der Waals surface area contributed by atoms with Crippen molar-refractivity contribution in [3.05, 3.63) is 81.6 Å². The molecule has 0 saturated heterocycles. The molecule has 0 radical (unpaired) electrons. The summed E-state index contributed by atoms with van der Waals surface area (Å²) in [6, 6.07) is 17.6. The maximum atomic E-state index is 13.0. The number of aryl methyl sites for hydroxylation is 1. The fourth-order valence-corrected chi connectivity index (χ4v) is 5.37. The molecule has 0 fully saturated rings. The maximum absolute atomic E-state index is 13.0. The Balaban J connectivity index is 1.36. The van der Waals surface area contributed by atoms with Gasteiger partial charge >= 0.3 is 0 Å². The number of hydrogen-bond acceptors (Lipinski definition) is 6. The number of thiazole rings is 1. The normalized spacial score (nSPS) is 11.3. The third kappa shape index (κ3) is 3.95.